The molecule has 2 heterocycles. The molecule has 3 aromatic rings. The quantitative estimate of drug-likeness (QED) is 0.200. The van der Waals surface area contributed by atoms with Gasteiger partial charge in [0.25, 0.3) is 0 Å². The van der Waals surface area contributed by atoms with Crippen molar-refractivity contribution in [1.29, 1.82) is 0 Å². The van der Waals surface area contributed by atoms with E-state index < -0.39 is 8.07 Å². The highest BCUT2D eigenvalue weighted by Gasteiger charge is 2.14. The molecule has 0 fully saturated rings. The monoisotopic (exact) mass is 459 g/mol. The van der Waals surface area contributed by atoms with Gasteiger partial charge in [-0.15, -0.1) is 0 Å². The Balaban J connectivity index is 1.71. The number of halogens is 1. The molecule has 0 aliphatic carbocycles. The van der Waals surface area contributed by atoms with Gasteiger partial charge in [-0.3, -0.25) is 4.79 Å². The maximum Gasteiger partial charge on any atom is 0.185 e. The number of carbonyl (C=O) groups is 1. The van der Waals surface area contributed by atoms with Gasteiger partial charge in [-0.1, -0.05) is 31.8 Å². The molecule has 5 nitrogen and oxygen atoms in total. The summed E-state index contributed by atoms with van der Waals surface area (Å²) in [6.07, 6.45) is 2.31. The van der Waals surface area contributed by atoms with Gasteiger partial charge in [0, 0.05) is 32.7 Å². The Bertz CT molecular complexity index is 995. The average molecular weight is 460 g/mol. The number of ether oxygens (including phenoxy) is 1. The van der Waals surface area contributed by atoms with Crippen LogP contribution in [-0.2, 0) is 17.9 Å². The third kappa shape index (κ3) is 5.59. The molecule has 0 unspecified atom stereocenters. The minimum Gasteiger partial charge on any atom is -0.360 e. The fraction of sp³-hybridized carbons (Fsp3) is 0.381. The molecule has 0 bridgehead atoms. The first-order valence-corrected chi connectivity index (χ1v) is 13.9. The SMILES string of the molecule is Cc1cc(CC(=O)c2cccc(Br)n2)cc2cn(COCC[Si](C)(C)C)nc12. The number of benzene rings is 1. The van der Waals surface area contributed by atoms with Crippen LogP contribution < -0.4 is 0 Å². The van der Waals surface area contributed by atoms with Crippen molar-refractivity contribution in [3.63, 3.8) is 0 Å². The lowest BCUT2D eigenvalue weighted by molar-refractivity contribution is 0.0791. The van der Waals surface area contributed by atoms with Crippen LogP contribution in [-0.4, -0.2) is 35.2 Å². The van der Waals surface area contributed by atoms with E-state index in [2.05, 4.69) is 45.7 Å². The van der Waals surface area contributed by atoms with Gasteiger partial charge in [0.1, 0.15) is 17.0 Å². The molecule has 148 valence electrons. The van der Waals surface area contributed by atoms with Gasteiger partial charge in [-0.2, -0.15) is 5.10 Å². The van der Waals surface area contributed by atoms with Crippen molar-refractivity contribution in [3.8, 4) is 0 Å². The summed E-state index contributed by atoms with van der Waals surface area (Å²) in [6, 6.07) is 10.6. The van der Waals surface area contributed by atoms with Crippen molar-refractivity contribution < 1.29 is 9.53 Å². The first-order chi connectivity index (χ1) is 13.2. The van der Waals surface area contributed by atoms with Crippen LogP contribution >= 0.6 is 15.9 Å². The average Bonchev–Trinajstić information content (AvgIpc) is 3.01. The predicted octanol–water partition coefficient (Wildman–Crippen LogP) is 5.24. The highest BCUT2D eigenvalue weighted by Crippen LogP contribution is 2.21. The summed E-state index contributed by atoms with van der Waals surface area (Å²) in [5, 5.41) is 5.66. The van der Waals surface area contributed by atoms with Crippen LogP contribution in [0.15, 0.2) is 41.1 Å². The Labute approximate surface area is 175 Å². The van der Waals surface area contributed by atoms with Crippen LogP contribution in [0.1, 0.15) is 21.6 Å². The number of ketones is 1. The Morgan fingerprint density at radius 2 is 2.04 bits per heavy atom. The van der Waals surface area contributed by atoms with Gasteiger partial charge < -0.3 is 4.74 Å². The van der Waals surface area contributed by atoms with Gasteiger partial charge >= 0.3 is 0 Å². The number of rotatable bonds is 8. The highest BCUT2D eigenvalue weighted by atomic mass is 79.9. The lowest BCUT2D eigenvalue weighted by Gasteiger charge is -2.15. The van der Waals surface area contributed by atoms with E-state index in [4.69, 9.17) is 4.74 Å². The van der Waals surface area contributed by atoms with Crippen molar-refractivity contribution >= 4 is 40.7 Å². The first kappa shape index (κ1) is 20.9. The summed E-state index contributed by atoms with van der Waals surface area (Å²) in [5.41, 5.74) is 3.45. The number of hydrogen-bond donors (Lipinski definition) is 0. The van der Waals surface area contributed by atoms with E-state index in [0.717, 1.165) is 34.7 Å². The molecule has 0 N–H and O–H groups in total. The number of pyridine rings is 1. The summed E-state index contributed by atoms with van der Waals surface area (Å²) in [5.74, 6) is 0.00196. The second-order valence-corrected chi connectivity index (χ2v) is 14.7. The fourth-order valence-corrected chi connectivity index (χ4v) is 4.08. The van der Waals surface area contributed by atoms with Gasteiger partial charge in [0.2, 0.25) is 0 Å². The van der Waals surface area contributed by atoms with Crippen LogP contribution in [0.4, 0.5) is 0 Å². The number of aromatic nitrogens is 3. The molecule has 28 heavy (non-hydrogen) atoms. The van der Waals surface area contributed by atoms with E-state index in [0.29, 0.717) is 23.4 Å². The predicted molar refractivity (Wildman–Crippen MR) is 119 cm³/mol. The molecule has 0 radical (unpaired) electrons. The standard InChI is InChI=1S/C21H26BrN3O2Si/c1-15-10-16(12-19(26)18-6-5-7-20(22)23-18)11-17-13-25(24-21(15)17)14-27-8-9-28(2,3)4/h5-7,10-11,13H,8-9,12,14H2,1-4H3. The molecule has 2 aromatic heterocycles. The van der Waals surface area contributed by atoms with Gasteiger partial charge in [0.15, 0.2) is 5.78 Å². The summed E-state index contributed by atoms with van der Waals surface area (Å²) in [7, 11) is -1.09. The van der Waals surface area contributed by atoms with Gasteiger partial charge in [-0.05, 0) is 58.2 Å². The van der Waals surface area contributed by atoms with Crippen molar-refractivity contribution in [2.45, 2.75) is 45.8 Å². The summed E-state index contributed by atoms with van der Waals surface area (Å²) < 4.78 is 8.30. The summed E-state index contributed by atoms with van der Waals surface area (Å²) in [6.45, 7) is 10.3. The zero-order valence-corrected chi connectivity index (χ0v) is 19.4. The third-order valence-electron chi connectivity index (χ3n) is 4.49. The molecule has 0 atom stereocenters. The maximum absolute atomic E-state index is 12.6. The van der Waals surface area contributed by atoms with E-state index in [-0.39, 0.29) is 5.78 Å². The number of fused-ring (bicyclic) bond motifs is 1. The molecule has 7 heteroatoms. The molecule has 0 aliphatic rings. The molecular weight excluding hydrogens is 434 g/mol. The second-order valence-electron chi connectivity index (χ2n) is 8.31. The van der Waals surface area contributed by atoms with Crippen molar-refractivity contribution in [1.82, 2.24) is 14.8 Å². The van der Waals surface area contributed by atoms with Crippen LogP contribution in [0.25, 0.3) is 10.9 Å². The molecule has 3 rings (SSSR count). The lowest BCUT2D eigenvalue weighted by atomic mass is 10.0. The molecular formula is C21H26BrN3O2Si. The van der Waals surface area contributed by atoms with Crippen molar-refractivity contribution in [2.24, 2.45) is 0 Å². The minimum absolute atomic E-state index is 0.00196. The minimum atomic E-state index is -1.09. The largest absolute Gasteiger partial charge is 0.360 e. The Morgan fingerprint density at radius 3 is 2.75 bits per heavy atom. The molecule has 0 amide bonds. The smallest absolute Gasteiger partial charge is 0.185 e. The number of Topliss-reactive ketones (excluding diaryl/α,β-unsaturated/α-hetero) is 1. The number of carbonyl (C=O) groups excluding carboxylic acids is 1. The molecule has 1 aromatic carbocycles. The number of aryl methyl sites for hydroxylation is 1. The topological polar surface area (TPSA) is 57.0 Å². The third-order valence-corrected chi connectivity index (χ3v) is 6.64. The number of hydrogen-bond acceptors (Lipinski definition) is 4. The highest BCUT2D eigenvalue weighted by molar-refractivity contribution is 9.10. The second kappa shape index (κ2) is 8.67. The normalized spacial score (nSPS) is 11.9. The van der Waals surface area contributed by atoms with E-state index in [1.54, 1.807) is 6.07 Å². The first-order valence-electron chi connectivity index (χ1n) is 9.41. The van der Waals surface area contributed by atoms with Gasteiger partial charge in [-0.25, -0.2) is 9.67 Å². The van der Waals surface area contributed by atoms with Crippen molar-refractivity contribution in [2.75, 3.05) is 6.61 Å². The number of nitrogens with zero attached hydrogens (tertiary/aromatic N) is 3. The maximum atomic E-state index is 12.6. The van der Waals surface area contributed by atoms with Crippen molar-refractivity contribution in [3.05, 3.63) is 58.0 Å². The lowest BCUT2D eigenvalue weighted by Crippen LogP contribution is -2.22. The molecule has 0 saturated carbocycles. The zero-order valence-electron chi connectivity index (χ0n) is 16.8. The van der Waals surface area contributed by atoms with Gasteiger partial charge in [0.05, 0.1) is 5.52 Å². The Morgan fingerprint density at radius 1 is 1.25 bits per heavy atom. The fourth-order valence-electron chi connectivity index (χ4n) is 2.98. The van der Waals surface area contributed by atoms with E-state index >= 15 is 0 Å². The molecule has 0 aliphatic heterocycles. The van der Waals surface area contributed by atoms with Crippen LogP contribution in [0, 0.1) is 6.92 Å². The molecule has 0 saturated heterocycles. The van der Waals surface area contributed by atoms with Crippen LogP contribution in [0.2, 0.25) is 25.7 Å². The zero-order chi connectivity index (χ0) is 20.3. The van der Waals surface area contributed by atoms with E-state index in [1.807, 2.05) is 42.1 Å². The molecule has 0 spiro atoms. The van der Waals surface area contributed by atoms with E-state index in [9.17, 15) is 4.79 Å². The van der Waals surface area contributed by atoms with Crippen LogP contribution in [0.5, 0.6) is 0 Å². The van der Waals surface area contributed by atoms with Crippen LogP contribution in [0.3, 0.4) is 0 Å². The van der Waals surface area contributed by atoms with E-state index in [1.165, 1.54) is 0 Å². The summed E-state index contributed by atoms with van der Waals surface area (Å²) in [4.78, 5) is 16.8. The Kier molecular flexibility index (Phi) is 6.47. The summed E-state index contributed by atoms with van der Waals surface area (Å²) >= 11 is 3.32. The Hall–Kier alpha value is -1.83.